The van der Waals surface area contributed by atoms with Crippen LogP contribution in [0.1, 0.15) is 31.4 Å². The van der Waals surface area contributed by atoms with Gasteiger partial charge in [0.25, 0.3) is 0 Å². The fourth-order valence-electron chi connectivity index (χ4n) is 2.18. The quantitative estimate of drug-likeness (QED) is 0.471. The number of nitrogens with zero attached hydrogens (tertiary/aromatic N) is 1. The van der Waals surface area contributed by atoms with Gasteiger partial charge in [-0.3, -0.25) is 0 Å². The molecule has 0 atom stereocenters. The van der Waals surface area contributed by atoms with Gasteiger partial charge in [0, 0.05) is 5.56 Å². The second-order valence-corrected chi connectivity index (χ2v) is 7.48. The molecule has 5 heteroatoms. The Balaban J connectivity index is 2.61. The van der Waals surface area contributed by atoms with E-state index in [0.717, 1.165) is 38.2 Å². The summed E-state index contributed by atoms with van der Waals surface area (Å²) in [6, 6.07) is 0. The maximum absolute atomic E-state index is 9.14. The summed E-state index contributed by atoms with van der Waals surface area (Å²) < 4.78 is 2.00. The van der Waals surface area contributed by atoms with Crippen molar-refractivity contribution in [3.63, 3.8) is 0 Å². The summed E-state index contributed by atoms with van der Waals surface area (Å²) in [5.74, 6) is 0. The zero-order valence-electron chi connectivity index (χ0n) is 9.50. The van der Waals surface area contributed by atoms with Crippen molar-refractivity contribution in [3.05, 3.63) is 15.5 Å². The van der Waals surface area contributed by atoms with Crippen LogP contribution < -0.4 is 0 Å². The number of oxime groups is 1. The fraction of sp³-hybridized carbons (Fsp3) is 0.545. The van der Waals surface area contributed by atoms with Gasteiger partial charge in [-0.2, -0.15) is 0 Å². The molecule has 0 saturated heterocycles. The molecule has 16 heavy (non-hydrogen) atoms. The van der Waals surface area contributed by atoms with Crippen LogP contribution in [0.2, 0.25) is 4.34 Å². The molecule has 1 aliphatic rings. The maximum atomic E-state index is 9.14. The number of fused-ring (bicyclic) bond motifs is 1. The molecule has 1 aromatic rings. The van der Waals surface area contributed by atoms with Crippen molar-refractivity contribution in [1.29, 1.82) is 0 Å². The lowest BCUT2D eigenvalue weighted by atomic mass is 9.75. The molecule has 0 amide bonds. The summed E-state index contributed by atoms with van der Waals surface area (Å²) in [5.41, 5.74) is 3.12. The van der Waals surface area contributed by atoms with E-state index in [0.29, 0.717) is 0 Å². The van der Waals surface area contributed by atoms with Gasteiger partial charge in [0.2, 0.25) is 0 Å². The first-order valence-corrected chi connectivity index (χ1v) is 7.47. The summed E-state index contributed by atoms with van der Waals surface area (Å²) in [6.07, 6.45) is 3.78. The minimum Gasteiger partial charge on any atom is -0.411 e. The van der Waals surface area contributed by atoms with Crippen LogP contribution in [0, 0.1) is 5.41 Å². The van der Waals surface area contributed by atoms with Gasteiger partial charge in [-0.15, -0.1) is 23.1 Å². The Labute approximate surface area is 109 Å². The molecule has 0 saturated carbocycles. The van der Waals surface area contributed by atoms with Crippen molar-refractivity contribution in [3.8, 4) is 0 Å². The predicted molar refractivity (Wildman–Crippen MR) is 71.5 cm³/mol. The van der Waals surface area contributed by atoms with E-state index in [1.165, 1.54) is 0 Å². The average Bonchev–Trinajstić information content (AvgIpc) is 2.53. The number of thiophene rings is 1. The van der Waals surface area contributed by atoms with Crippen LogP contribution in [0.5, 0.6) is 0 Å². The van der Waals surface area contributed by atoms with Crippen molar-refractivity contribution >= 4 is 40.4 Å². The van der Waals surface area contributed by atoms with E-state index in [9.17, 15) is 0 Å². The van der Waals surface area contributed by atoms with Crippen molar-refractivity contribution < 1.29 is 5.21 Å². The van der Waals surface area contributed by atoms with Gasteiger partial charge >= 0.3 is 0 Å². The van der Waals surface area contributed by atoms with Crippen molar-refractivity contribution in [1.82, 2.24) is 0 Å². The van der Waals surface area contributed by atoms with Gasteiger partial charge < -0.3 is 5.21 Å². The highest BCUT2D eigenvalue weighted by Gasteiger charge is 2.34. The lowest BCUT2D eigenvalue weighted by Crippen LogP contribution is -2.27. The molecule has 0 fully saturated rings. The summed E-state index contributed by atoms with van der Waals surface area (Å²) in [5, 5.41) is 12.6. The minimum atomic E-state index is 0.120. The smallest absolute Gasteiger partial charge is 0.0979 e. The molecule has 0 aliphatic heterocycles. The average molecular weight is 276 g/mol. The van der Waals surface area contributed by atoms with E-state index in [2.05, 4.69) is 19.0 Å². The maximum Gasteiger partial charge on any atom is 0.0979 e. The van der Waals surface area contributed by atoms with Crippen LogP contribution in [-0.4, -0.2) is 17.2 Å². The number of hydrogen-bond donors (Lipinski definition) is 1. The van der Waals surface area contributed by atoms with Crippen LogP contribution in [0.4, 0.5) is 0 Å². The molecule has 1 heterocycles. The van der Waals surface area contributed by atoms with Crippen molar-refractivity contribution in [2.24, 2.45) is 10.6 Å². The number of rotatable bonds is 1. The lowest BCUT2D eigenvalue weighted by molar-refractivity contribution is 0.306. The molecule has 0 radical (unpaired) electrons. The summed E-state index contributed by atoms with van der Waals surface area (Å²) in [4.78, 5) is 0. The molecular formula is C11H14ClNOS2. The van der Waals surface area contributed by atoms with Crippen LogP contribution >= 0.6 is 34.7 Å². The number of halogens is 1. The molecule has 0 bridgehead atoms. The van der Waals surface area contributed by atoms with E-state index in [1.807, 2.05) is 6.26 Å². The molecule has 1 N–H and O–H groups in total. The molecule has 0 spiro atoms. The van der Waals surface area contributed by atoms with Crippen LogP contribution in [0.25, 0.3) is 0 Å². The zero-order chi connectivity index (χ0) is 11.9. The predicted octanol–water partition coefficient (Wildman–Crippen LogP) is 4.27. The Hall–Kier alpha value is -0.190. The van der Waals surface area contributed by atoms with Crippen molar-refractivity contribution in [2.45, 2.75) is 30.9 Å². The third-order valence-electron chi connectivity index (χ3n) is 2.82. The molecular weight excluding hydrogens is 262 g/mol. The van der Waals surface area contributed by atoms with Gasteiger partial charge in [-0.1, -0.05) is 30.6 Å². The molecule has 0 unspecified atom stereocenters. The molecule has 88 valence electrons. The topological polar surface area (TPSA) is 32.6 Å². The van der Waals surface area contributed by atoms with E-state index in [1.54, 1.807) is 23.1 Å². The Morgan fingerprint density at radius 2 is 2.12 bits per heavy atom. The van der Waals surface area contributed by atoms with E-state index < -0.39 is 0 Å². The van der Waals surface area contributed by atoms with Crippen LogP contribution in [0.15, 0.2) is 9.36 Å². The molecule has 2 rings (SSSR count). The molecule has 2 nitrogen and oxygen atoms in total. The molecule has 0 aromatic carbocycles. The van der Waals surface area contributed by atoms with Gasteiger partial charge in [-0.05, 0) is 30.1 Å². The Morgan fingerprint density at radius 3 is 2.69 bits per heavy atom. The van der Waals surface area contributed by atoms with E-state index in [-0.39, 0.29) is 5.41 Å². The van der Waals surface area contributed by atoms with Crippen LogP contribution in [0.3, 0.4) is 0 Å². The monoisotopic (exact) mass is 275 g/mol. The van der Waals surface area contributed by atoms with Gasteiger partial charge in [0.1, 0.15) is 0 Å². The van der Waals surface area contributed by atoms with Crippen molar-refractivity contribution in [2.75, 3.05) is 6.26 Å². The summed E-state index contributed by atoms with van der Waals surface area (Å²) in [7, 11) is 0. The minimum absolute atomic E-state index is 0.120. The lowest BCUT2D eigenvalue weighted by Gasteiger charge is -2.30. The third kappa shape index (κ3) is 1.98. The summed E-state index contributed by atoms with van der Waals surface area (Å²) in [6.45, 7) is 4.35. The highest BCUT2D eigenvalue weighted by Crippen LogP contribution is 2.46. The highest BCUT2D eigenvalue weighted by atomic mass is 35.5. The summed E-state index contributed by atoms with van der Waals surface area (Å²) >= 11 is 9.51. The normalized spacial score (nSPS) is 21.1. The molecule has 1 aromatic heterocycles. The van der Waals surface area contributed by atoms with Gasteiger partial charge in [0.05, 0.1) is 14.3 Å². The SMILES string of the molecule is CSc1sc(Cl)c2c1/C(=N\O)CC(C)(C)C2. The van der Waals surface area contributed by atoms with Crippen LogP contribution in [-0.2, 0) is 6.42 Å². The first-order chi connectivity index (χ1) is 7.48. The number of hydrogen-bond acceptors (Lipinski definition) is 4. The van der Waals surface area contributed by atoms with E-state index in [4.69, 9.17) is 16.8 Å². The zero-order valence-corrected chi connectivity index (χ0v) is 11.9. The largest absolute Gasteiger partial charge is 0.411 e. The van der Waals surface area contributed by atoms with Gasteiger partial charge in [0.15, 0.2) is 0 Å². The Bertz CT molecular complexity index is 451. The first-order valence-electron chi connectivity index (χ1n) is 5.05. The second kappa shape index (κ2) is 4.24. The Kier molecular flexibility index (Phi) is 3.25. The standard InChI is InChI=1S/C11H14ClNOS2/c1-11(2)4-6-8(7(5-11)13-14)10(15-3)16-9(6)12/h14H,4-5H2,1-3H3/b13-7-. The fourth-order valence-corrected chi connectivity index (χ4v) is 4.54. The number of thioether (sulfide) groups is 1. The van der Waals surface area contributed by atoms with E-state index >= 15 is 0 Å². The first kappa shape index (κ1) is 12.3. The van der Waals surface area contributed by atoms with Gasteiger partial charge in [-0.25, -0.2) is 0 Å². The molecule has 1 aliphatic carbocycles. The second-order valence-electron chi connectivity index (χ2n) is 4.79. The Morgan fingerprint density at radius 1 is 1.44 bits per heavy atom. The highest BCUT2D eigenvalue weighted by molar-refractivity contribution is 8.00. The third-order valence-corrected chi connectivity index (χ3v) is 5.42.